The second-order valence-electron chi connectivity index (χ2n) is 6.86. The number of nitriles is 1. The number of aromatic nitrogens is 4. The van der Waals surface area contributed by atoms with Crippen LogP contribution in [0.5, 0.6) is 11.5 Å². The van der Waals surface area contributed by atoms with E-state index in [1.807, 2.05) is 12.1 Å². The first kappa shape index (κ1) is 18.7. The molecule has 3 heterocycles. The van der Waals surface area contributed by atoms with Crippen molar-refractivity contribution in [3.63, 3.8) is 0 Å². The molecule has 3 aromatic rings. The molecule has 1 saturated heterocycles. The summed E-state index contributed by atoms with van der Waals surface area (Å²) in [5.41, 5.74) is 1.41. The Bertz CT molecular complexity index is 1000. The van der Waals surface area contributed by atoms with E-state index in [9.17, 15) is 5.11 Å². The van der Waals surface area contributed by atoms with E-state index in [0.717, 1.165) is 25.9 Å². The average Bonchev–Trinajstić information content (AvgIpc) is 3.21. The topological polar surface area (TPSA) is 132 Å². The summed E-state index contributed by atoms with van der Waals surface area (Å²) in [6.07, 6.45) is 5.12. The number of nitrogens with one attached hydrogen (secondary N) is 3. The van der Waals surface area contributed by atoms with Crippen molar-refractivity contribution in [3.05, 3.63) is 42.4 Å². The van der Waals surface area contributed by atoms with Gasteiger partial charge < -0.3 is 20.5 Å². The van der Waals surface area contributed by atoms with Crippen LogP contribution < -0.4 is 15.4 Å². The molecule has 0 aliphatic carbocycles. The van der Waals surface area contributed by atoms with Crippen molar-refractivity contribution < 1.29 is 9.84 Å². The normalized spacial score (nSPS) is 16.2. The Kier molecular flexibility index (Phi) is 5.54. The molecule has 9 heteroatoms. The van der Waals surface area contributed by atoms with Crippen LogP contribution in [0.2, 0.25) is 0 Å². The van der Waals surface area contributed by atoms with Gasteiger partial charge in [-0.05, 0) is 31.5 Å². The highest BCUT2D eigenvalue weighted by molar-refractivity contribution is 5.76. The Morgan fingerprint density at radius 3 is 2.97 bits per heavy atom. The second kappa shape index (κ2) is 8.58. The number of aromatic amines is 1. The van der Waals surface area contributed by atoms with E-state index in [1.165, 1.54) is 12.4 Å². The molecule has 4 rings (SSSR count). The molecule has 0 bridgehead atoms. The molecule has 2 aromatic heterocycles. The number of benzene rings is 1. The van der Waals surface area contributed by atoms with Gasteiger partial charge in [-0.2, -0.15) is 10.4 Å². The van der Waals surface area contributed by atoms with E-state index in [0.29, 0.717) is 41.2 Å². The van der Waals surface area contributed by atoms with Gasteiger partial charge in [0.05, 0.1) is 30.3 Å². The zero-order valence-corrected chi connectivity index (χ0v) is 15.7. The first-order valence-corrected chi connectivity index (χ1v) is 9.43. The molecule has 1 fully saturated rings. The number of phenols is 1. The molecule has 9 nitrogen and oxygen atoms in total. The standard InChI is InChI=1S/C20H21N7O2/c21-8-14-10-24-19(11-23-14)25-18-7-15(26-27-18)20-16(28)4-1-5-17(20)29-12-13-3-2-6-22-9-13/h1,4-5,7,10-11,13,22,28H,2-3,6,9,12H2,(H2,24,25,26,27)/t13-/m0/s1. The lowest BCUT2D eigenvalue weighted by molar-refractivity contribution is 0.218. The van der Waals surface area contributed by atoms with Gasteiger partial charge in [0, 0.05) is 18.5 Å². The molecule has 0 spiro atoms. The number of phenolic OH excluding ortho intramolecular Hbond substituents is 1. The van der Waals surface area contributed by atoms with Crippen LogP contribution in [-0.2, 0) is 0 Å². The van der Waals surface area contributed by atoms with Gasteiger partial charge in [-0.25, -0.2) is 9.97 Å². The van der Waals surface area contributed by atoms with Crippen LogP contribution in [0, 0.1) is 17.2 Å². The third-order valence-electron chi connectivity index (χ3n) is 4.75. The fourth-order valence-corrected chi connectivity index (χ4v) is 3.28. The van der Waals surface area contributed by atoms with Crippen molar-refractivity contribution in [2.75, 3.05) is 25.0 Å². The van der Waals surface area contributed by atoms with Crippen molar-refractivity contribution in [1.29, 1.82) is 5.26 Å². The van der Waals surface area contributed by atoms with Crippen LogP contribution in [0.3, 0.4) is 0 Å². The van der Waals surface area contributed by atoms with Crippen LogP contribution in [0.4, 0.5) is 11.6 Å². The number of hydrogen-bond donors (Lipinski definition) is 4. The molecule has 0 unspecified atom stereocenters. The lowest BCUT2D eigenvalue weighted by Crippen LogP contribution is -2.33. The summed E-state index contributed by atoms with van der Waals surface area (Å²) in [7, 11) is 0. The summed E-state index contributed by atoms with van der Waals surface area (Å²) in [6, 6.07) is 8.89. The van der Waals surface area contributed by atoms with Gasteiger partial charge in [-0.3, -0.25) is 5.10 Å². The summed E-state index contributed by atoms with van der Waals surface area (Å²) in [6.45, 7) is 2.59. The minimum Gasteiger partial charge on any atom is -0.507 e. The minimum atomic E-state index is 0.109. The monoisotopic (exact) mass is 391 g/mol. The maximum Gasteiger partial charge on any atom is 0.158 e. The van der Waals surface area contributed by atoms with Crippen LogP contribution in [0.25, 0.3) is 11.3 Å². The predicted octanol–water partition coefficient (Wildman–Crippen LogP) is 2.57. The van der Waals surface area contributed by atoms with Gasteiger partial charge in [0.1, 0.15) is 23.4 Å². The minimum absolute atomic E-state index is 0.109. The Morgan fingerprint density at radius 1 is 1.28 bits per heavy atom. The first-order valence-electron chi connectivity index (χ1n) is 9.43. The molecule has 1 atom stereocenters. The molecule has 0 amide bonds. The SMILES string of the molecule is N#Cc1cnc(Nc2cc(-c3c(O)cccc3OC[C@H]3CCCNC3)[nH]n2)cn1. The maximum atomic E-state index is 10.4. The molecule has 1 aliphatic heterocycles. The number of ether oxygens (including phenoxy) is 1. The maximum absolute atomic E-state index is 10.4. The van der Waals surface area contributed by atoms with Crippen LogP contribution in [0.1, 0.15) is 18.5 Å². The highest BCUT2D eigenvalue weighted by atomic mass is 16.5. The first-order chi connectivity index (χ1) is 14.2. The third kappa shape index (κ3) is 4.44. The van der Waals surface area contributed by atoms with E-state index in [4.69, 9.17) is 10.00 Å². The summed E-state index contributed by atoms with van der Waals surface area (Å²) in [5, 5.41) is 32.7. The van der Waals surface area contributed by atoms with Gasteiger partial charge in [0.2, 0.25) is 0 Å². The number of nitrogens with zero attached hydrogens (tertiary/aromatic N) is 4. The Labute approximate surface area is 167 Å². The van der Waals surface area contributed by atoms with E-state index in [1.54, 1.807) is 18.2 Å². The highest BCUT2D eigenvalue weighted by Crippen LogP contribution is 2.38. The quantitative estimate of drug-likeness (QED) is 0.504. The molecule has 148 valence electrons. The predicted molar refractivity (Wildman–Crippen MR) is 107 cm³/mol. The van der Waals surface area contributed by atoms with Crippen molar-refractivity contribution in [2.24, 2.45) is 5.92 Å². The van der Waals surface area contributed by atoms with E-state index in [-0.39, 0.29) is 11.4 Å². The molecule has 4 N–H and O–H groups in total. The zero-order valence-electron chi connectivity index (χ0n) is 15.7. The number of piperidine rings is 1. The highest BCUT2D eigenvalue weighted by Gasteiger charge is 2.18. The number of hydrogen-bond acceptors (Lipinski definition) is 8. The molecule has 1 aromatic carbocycles. The van der Waals surface area contributed by atoms with Crippen molar-refractivity contribution >= 4 is 11.6 Å². The Morgan fingerprint density at radius 2 is 2.21 bits per heavy atom. The van der Waals surface area contributed by atoms with Crippen LogP contribution in [0.15, 0.2) is 36.7 Å². The van der Waals surface area contributed by atoms with Gasteiger partial charge in [0.15, 0.2) is 11.5 Å². The number of rotatable bonds is 6. The van der Waals surface area contributed by atoms with E-state index in [2.05, 4.69) is 30.8 Å². The van der Waals surface area contributed by atoms with Crippen molar-refractivity contribution in [1.82, 2.24) is 25.5 Å². The van der Waals surface area contributed by atoms with Gasteiger partial charge in [-0.15, -0.1) is 0 Å². The molecule has 0 radical (unpaired) electrons. The molecular formula is C20H21N7O2. The fourth-order valence-electron chi connectivity index (χ4n) is 3.28. The number of aromatic hydroxyl groups is 1. The smallest absolute Gasteiger partial charge is 0.158 e. The summed E-state index contributed by atoms with van der Waals surface area (Å²) >= 11 is 0. The molecule has 29 heavy (non-hydrogen) atoms. The van der Waals surface area contributed by atoms with Crippen LogP contribution >= 0.6 is 0 Å². The third-order valence-corrected chi connectivity index (χ3v) is 4.75. The molecular weight excluding hydrogens is 370 g/mol. The Hall–Kier alpha value is -3.64. The van der Waals surface area contributed by atoms with Crippen molar-refractivity contribution in [3.8, 4) is 28.8 Å². The van der Waals surface area contributed by atoms with Crippen molar-refractivity contribution in [2.45, 2.75) is 12.8 Å². The average molecular weight is 391 g/mol. The summed E-state index contributed by atoms with van der Waals surface area (Å²) in [4.78, 5) is 8.08. The van der Waals surface area contributed by atoms with E-state index < -0.39 is 0 Å². The molecule has 0 saturated carbocycles. The largest absolute Gasteiger partial charge is 0.507 e. The number of anilines is 2. The van der Waals surface area contributed by atoms with Gasteiger partial charge in [-0.1, -0.05) is 6.07 Å². The van der Waals surface area contributed by atoms with E-state index >= 15 is 0 Å². The lowest BCUT2D eigenvalue weighted by atomic mass is 10.0. The number of H-pyrrole nitrogens is 1. The fraction of sp³-hybridized carbons (Fsp3) is 0.300. The Balaban J connectivity index is 1.51. The summed E-state index contributed by atoms with van der Waals surface area (Å²) in [5.74, 6) is 2.12. The zero-order chi connectivity index (χ0) is 20.1. The van der Waals surface area contributed by atoms with Crippen LogP contribution in [-0.4, -0.2) is 45.0 Å². The van der Waals surface area contributed by atoms with Gasteiger partial charge in [0.25, 0.3) is 0 Å². The second-order valence-corrected chi connectivity index (χ2v) is 6.86. The molecule has 1 aliphatic rings. The van der Waals surface area contributed by atoms with Gasteiger partial charge >= 0.3 is 0 Å². The summed E-state index contributed by atoms with van der Waals surface area (Å²) < 4.78 is 6.04. The lowest BCUT2D eigenvalue weighted by Gasteiger charge is -2.23.